The first-order chi connectivity index (χ1) is 11.6. The lowest BCUT2D eigenvalue weighted by atomic mass is 10.1. The summed E-state index contributed by atoms with van der Waals surface area (Å²) in [4.78, 5) is 30.6. The lowest BCUT2D eigenvalue weighted by molar-refractivity contribution is -0.126. The zero-order chi connectivity index (χ0) is 17.1. The molecule has 0 unspecified atom stereocenters. The molecular formula is C19H21N3O2. The van der Waals surface area contributed by atoms with Gasteiger partial charge in [-0.2, -0.15) is 0 Å². The second kappa shape index (κ2) is 6.83. The highest BCUT2D eigenvalue weighted by molar-refractivity contribution is 6.00. The molecule has 124 valence electrons. The van der Waals surface area contributed by atoms with Crippen LogP contribution in [0.2, 0.25) is 0 Å². The maximum Gasteiger partial charge on any atom is 0.227 e. The van der Waals surface area contributed by atoms with Crippen LogP contribution >= 0.6 is 0 Å². The van der Waals surface area contributed by atoms with Crippen molar-refractivity contribution in [3.05, 3.63) is 59.4 Å². The van der Waals surface area contributed by atoms with E-state index in [9.17, 15) is 9.59 Å². The van der Waals surface area contributed by atoms with Crippen LogP contribution in [0, 0.1) is 19.8 Å². The van der Waals surface area contributed by atoms with Gasteiger partial charge >= 0.3 is 0 Å². The first-order valence-electron chi connectivity index (χ1n) is 8.10. The van der Waals surface area contributed by atoms with Crippen molar-refractivity contribution in [1.29, 1.82) is 0 Å². The van der Waals surface area contributed by atoms with Gasteiger partial charge in [-0.3, -0.25) is 14.6 Å². The summed E-state index contributed by atoms with van der Waals surface area (Å²) in [5.74, 6) is -0.412. The summed E-state index contributed by atoms with van der Waals surface area (Å²) >= 11 is 0. The van der Waals surface area contributed by atoms with Gasteiger partial charge in [-0.25, -0.2) is 0 Å². The Labute approximate surface area is 141 Å². The topological polar surface area (TPSA) is 62.3 Å². The number of hydrogen-bond acceptors (Lipinski definition) is 3. The number of hydrogen-bond donors (Lipinski definition) is 1. The van der Waals surface area contributed by atoms with Crippen LogP contribution in [0.5, 0.6) is 0 Å². The molecular weight excluding hydrogens is 302 g/mol. The quantitative estimate of drug-likeness (QED) is 0.939. The van der Waals surface area contributed by atoms with Crippen LogP contribution < -0.4 is 10.2 Å². The van der Waals surface area contributed by atoms with Crippen molar-refractivity contribution in [2.75, 3.05) is 11.4 Å². The lowest BCUT2D eigenvalue weighted by Crippen LogP contribution is -2.33. The molecule has 0 saturated carbocycles. The SMILES string of the molecule is Cc1cccc(N2C[C@H](C(=O)NCc3ccccn3)CC2=O)c1C. The number of amides is 2. The van der Waals surface area contributed by atoms with Crippen LogP contribution in [-0.4, -0.2) is 23.3 Å². The fourth-order valence-corrected chi connectivity index (χ4v) is 2.97. The number of nitrogens with one attached hydrogen (secondary N) is 1. The third-order valence-electron chi connectivity index (χ3n) is 4.53. The molecule has 2 aromatic rings. The molecule has 5 heteroatoms. The summed E-state index contributed by atoms with van der Waals surface area (Å²) < 4.78 is 0. The second-order valence-electron chi connectivity index (χ2n) is 6.16. The number of benzene rings is 1. The highest BCUT2D eigenvalue weighted by Gasteiger charge is 2.35. The zero-order valence-electron chi connectivity index (χ0n) is 14.0. The van der Waals surface area contributed by atoms with Crippen molar-refractivity contribution >= 4 is 17.5 Å². The van der Waals surface area contributed by atoms with Gasteiger partial charge in [0.05, 0.1) is 18.2 Å². The average Bonchev–Trinajstić information content (AvgIpc) is 2.98. The van der Waals surface area contributed by atoms with Gasteiger partial charge in [0, 0.05) is 24.8 Å². The van der Waals surface area contributed by atoms with Gasteiger partial charge in [0.15, 0.2) is 0 Å². The van der Waals surface area contributed by atoms with Gasteiger partial charge in [0.2, 0.25) is 11.8 Å². The first kappa shape index (κ1) is 16.2. The zero-order valence-corrected chi connectivity index (χ0v) is 14.0. The van der Waals surface area contributed by atoms with Crippen LogP contribution in [0.15, 0.2) is 42.6 Å². The molecule has 1 saturated heterocycles. The van der Waals surface area contributed by atoms with Gasteiger partial charge in [-0.1, -0.05) is 18.2 Å². The van der Waals surface area contributed by atoms with Crippen molar-refractivity contribution in [2.24, 2.45) is 5.92 Å². The van der Waals surface area contributed by atoms with Crippen LogP contribution in [0.1, 0.15) is 23.2 Å². The number of aromatic nitrogens is 1. The number of pyridine rings is 1. The van der Waals surface area contributed by atoms with Gasteiger partial charge in [-0.15, -0.1) is 0 Å². The van der Waals surface area contributed by atoms with E-state index in [4.69, 9.17) is 0 Å². The molecule has 1 fully saturated rings. The summed E-state index contributed by atoms with van der Waals surface area (Å²) in [7, 11) is 0. The highest BCUT2D eigenvalue weighted by Crippen LogP contribution is 2.29. The molecule has 0 spiro atoms. The third-order valence-corrected chi connectivity index (χ3v) is 4.53. The molecule has 1 aliphatic heterocycles. The molecule has 3 rings (SSSR count). The number of aryl methyl sites for hydroxylation is 1. The smallest absolute Gasteiger partial charge is 0.227 e. The Morgan fingerprint density at radius 1 is 1.25 bits per heavy atom. The predicted molar refractivity (Wildman–Crippen MR) is 92.5 cm³/mol. The van der Waals surface area contributed by atoms with Crippen molar-refractivity contribution in [3.8, 4) is 0 Å². The molecule has 1 aromatic heterocycles. The number of carbonyl (C=O) groups is 2. The Bertz CT molecular complexity index is 758. The standard InChI is InChI=1S/C19H21N3O2/c1-13-6-5-8-17(14(13)2)22-12-15(10-18(22)23)19(24)21-11-16-7-3-4-9-20-16/h3-9,15H,10-12H2,1-2H3,(H,21,24)/t15-/m1/s1. The van der Waals surface area contributed by atoms with Gasteiger partial charge in [-0.05, 0) is 43.2 Å². The second-order valence-corrected chi connectivity index (χ2v) is 6.16. The largest absolute Gasteiger partial charge is 0.350 e. The van der Waals surface area contributed by atoms with Gasteiger partial charge in [0.1, 0.15) is 0 Å². The fourth-order valence-electron chi connectivity index (χ4n) is 2.97. The molecule has 1 atom stereocenters. The third kappa shape index (κ3) is 3.30. The normalized spacial score (nSPS) is 17.2. The Hall–Kier alpha value is -2.69. The highest BCUT2D eigenvalue weighted by atomic mass is 16.2. The maximum absolute atomic E-state index is 12.4. The Morgan fingerprint density at radius 2 is 2.08 bits per heavy atom. The lowest BCUT2D eigenvalue weighted by Gasteiger charge is -2.20. The van der Waals surface area contributed by atoms with Gasteiger partial charge in [0.25, 0.3) is 0 Å². The van der Waals surface area contributed by atoms with Crippen LogP contribution in [-0.2, 0) is 16.1 Å². The predicted octanol–water partition coefficient (Wildman–Crippen LogP) is 2.37. The molecule has 0 bridgehead atoms. The minimum absolute atomic E-state index is 0.00156. The summed E-state index contributed by atoms with van der Waals surface area (Å²) in [5.41, 5.74) is 3.94. The summed E-state index contributed by atoms with van der Waals surface area (Å²) in [6.07, 6.45) is 1.95. The number of anilines is 1. The van der Waals surface area contributed by atoms with Crippen LogP contribution in [0.3, 0.4) is 0 Å². The van der Waals surface area contributed by atoms with Crippen molar-refractivity contribution in [3.63, 3.8) is 0 Å². The number of rotatable bonds is 4. The molecule has 0 radical (unpaired) electrons. The first-order valence-corrected chi connectivity index (χ1v) is 8.10. The van der Waals surface area contributed by atoms with E-state index in [1.54, 1.807) is 11.1 Å². The molecule has 2 amide bonds. The monoisotopic (exact) mass is 323 g/mol. The Morgan fingerprint density at radius 3 is 2.83 bits per heavy atom. The van der Waals surface area contributed by atoms with E-state index in [1.165, 1.54) is 0 Å². The molecule has 1 aromatic carbocycles. The van der Waals surface area contributed by atoms with E-state index in [2.05, 4.69) is 10.3 Å². The van der Waals surface area contributed by atoms with E-state index in [0.717, 1.165) is 22.5 Å². The molecule has 5 nitrogen and oxygen atoms in total. The van der Waals surface area contributed by atoms with Crippen LogP contribution in [0.4, 0.5) is 5.69 Å². The van der Waals surface area contributed by atoms with Crippen molar-refractivity contribution in [2.45, 2.75) is 26.8 Å². The van der Waals surface area contributed by atoms with E-state index in [1.807, 2.05) is 50.2 Å². The minimum Gasteiger partial charge on any atom is -0.350 e. The van der Waals surface area contributed by atoms with Crippen molar-refractivity contribution < 1.29 is 9.59 Å². The molecule has 24 heavy (non-hydrogen) atoms. The fraction of sp³-hybridized carbons (Fsp3) is 0.316. The number of nitrogens with zero attached hydrogens (tertiary/aromatic N) is 2. The van der Waals surface area contributed by atoms with Crippen LogP contribution in [0.25, 0.3) is 0 Å². The number of carbonyl (C=O) groups excluding carboxylic acids is 2. The Kier molecular flexibility index (Phi) is 4.60. The summed E-state index contributed by atoms with van der Waals surface area (Å²) in [6.45, 7) is 4.84. The molecule has 1 N–H and O–H groups in total. The summed E-state index contributed by atoms with van der Waals surface area (Å²) in [6, 6.07) is 11.5. The molecule has 2 heterocycles. The van der Waals surface area contributed by atoms with E-state index >= 15 is 0 Å². The average molecular weight is 323 g/mol. The minimum atomic E-state index is -0.318. The van der Waals surface area contributed by atoms with E-state index < -0.39 is 0 Å². The van der Waals surface area contributed by atoms with E-state index in [-0.39, 0.29) is 24.2 Å². The van der Waals surface area contributed by atoms with Crippen molar-refractivity contribution in [1.82, 2.24) is 10.3 Å². The summed E-state index contributed by atoms with van der Waals surface area (Å²) in [5, 5.41) is 2.88. The van der Waals surface area contributed by atoms with Gasteiger partial charge < -0.3 is 10.2 Å². The maximum atomic E-state index is 12.4. The van der Waals surface area contributed by atoms with E-state index in [0.29, 0.717) is 13.1 Å². The molecule has 1 aliphatic rings. The molecule has 0 aliphatic carbocycles. The Balaban J connectivity index is 1.66.